The van der Waals surface area contributed by atoms with Gasteiger partial charge in [0.15, 0.2) is 0 Å². The highest BCUT2D eigenvalue weighted by Gasteiger charge is 2.30. The van der Waals surface area contributed by atoms with Crippen LogP contribution in [0.1, 0.15) is 11.1 Å². The molecule has 0 unspecified atom stereocenters. The van der Waals surface area contributed by atoms with E-state index in [4.69, 9.17) is 0 Å². The lowest BCUT2D eigenvalue weighted by Crippen LogP contribution is -2.51. The van der Waals surface area contributed by atoms with Crippen molar-refractivity contribution in [3.05, 3.63) is 102 Å². The average molecular weight is 508 g/mol. The minimum absolute atomic E-state index is 0.0836. The molecular formula is C28H30FN3O3S. The van der Waals surface area contributed by atoms with Crippen LogP contribution in [0.5, 0.6) is 0 Å². The van der Waals surface area contributed by atoms with Gasteiger partial charge in [-0.15, -0.1) is 0 Å². The Hall–Kier alpha value is -3.49. The van der Waals surface area contributed by atoms with Crippen molar-refractivity contribution in [2.45, 2.75) is 11.8 Å². The van der Waals surface area contributed by atoms with Crippen molar-refractivity contribution in [2.24, 2.45) is 0 Å². The fraction of sp³-hybridized carbons (Fsp3) is 0.250. The average Bonchev–Trinajstić information content (AvgIpc) is 2.89. The topological polar surface area (TPSA) is 60.9 Å². The number of carbonyl (C=O) groups is 1. The third kappa shape index (κ3) is 6.38. The van der Waals surface area contributed by atoms with Gasteiger partial charge in [-0.1, -0.05) is 60.2 Å². The number of amides is 1. The molecule has 1 heterocycles. The Bertz CT molecular complexity index is 1290. The first kappa shape index (κ1) is 25.6. The number of benzene rings is 3. The van der Waals surface area contributed by atoms with Gasteiger partial charge in [0.05, 0.1) is 10.6 Å². The summed E-state index contributed by atoms with van der Waals surface area (Å²) >= 11 is 0. The lowest BCUT2D eigenvalue weighted by atomic mass is 10.2. The zero-order valence-corrected chi connectivity index (χ0v) is 21.1. The second kappa shape index (κ2) is 11.5. The minimum Gasteiger partial charge on any atom is -0.339 e. The van der Waals surface area contributed by atoms with Gasteiger partial charge in [-0.25, -0.2) is 12.8 Å². The smallest absolute Gasteiger partial charge is 0.264 e. The van der Waals surface area contributed by atoms with E-state index >= 15 is 0 Å². The van der Waals surface area contributed by atoms with Crippen LogP contribution in [0.25, 0.3) is 6.08 Å². The van der Waals surface area contributed by atoms with E-state index in [-0.39, 0.29) is 23.0 Å². The van der Waals surface area contributed by atoms with E-state index in [1.165, 1.54) is 36.4 Å². The minimum atomic E-state index is -4.02. The molecule has 0 N–H and O–H groups in total. The summed E-state index contributed by atoms with van der Waals surface area (Å²) < 4.78 is 41.6. The highest BCUT2D eigenvalue weighted by Crippen LogP contribution is 2.24. The molecule has 8 heteroatoms. The van der Waals surface area contributed by atoms with Gasteiger partial charge in [0.2, 0.25) is 5.91 Å². The molecule has 0 aliphatic carbocycles. The summed E-state index contributed by atoms with van der Waals surface area (Å²) in [7, 11) is -4.02. The van der Waals surface area contributed by atoms with Crippen molar-refractivity contribution in [2.75, 3.05) is 43.6 Å². The van der Waals surface area contributed by atoms with Gasteiger partial charge in [0, 0.05) is 32.7 Å². The second-order valence-corrected chi connectivity index (χ2v) is 10.7. The molecule has 1 aliphatic rings. The first-order valence-electron chi connectivity index (χ1n) is 11.9. The lowest BCUT2D eigenvalue weighted by Gasteiger charge is -2.35. The number of anilines is 1. The monoisotopic (exact) mass is 507 g/mol. The summed E-state index contributed by atoms with van der Waals surface area (Å²) in [4.78, 5) is 17.2. The molecular weight excluding hydrogens is 477 g/mol. The number of rotatable bonds is 8. The standard InChI is InChI=1S/C28H30FN3O3S/c1-23-9-15-27(16-10-23)36(34,35)32(26-13-11-25(29)12-14-26)22-28(33)31-20-18-30(19-21-31)17-5-8-24-6-3-2-4-7-24/h2-16H,17-22H2,1H3/b8-5+. The van der Waals surface area contributed by atoms with Crippen LogP contribution in [-0.2, 0) is 14.8 Å². The number of sulfonamides is 1. The molecule has 1 amide bonds. The molecule has 36 heavy (non-hydrogen) atoms. The van der Waals surface area contributed by atoms with E-state index in [0.29, 0.717) is 26.2 Å². The van der Waals surface area contributed by atoms with E-state index in [1.54, 1.807) is 17.0 Å². The summed E-state index contributed by atoms with van der Waals surface area (Å²) in [6.45, 7) is 4.73. The van der Waals surface area contributed by atoms with Crippen molar-refractivity contribution in [1.82, 2.24) is 9.80 Å². The number of piperazine rings is 1. The number of hydrogen-bond acceptors (Lipinski definition) is 4. The van der Waals surface area contributed by atoms with Gasteiger partial charge < -0.3 is 4.90 Å². The molecule has 0 atom stereocenters. The number of halogens is 1. The van der Waals surface area contributed by atoms with Crippen molar-refractivity contribution >= 4 is 27.7 Å². The number of aryl methyl sites for hydroxylation is 1. The predicted octanol–water partition coefficient (Wildman–Crippen LogP) is 4.19. The molecule has 1 saturated heterocycles. The van der Waals surface area contributed by atoms with Gasteiger partial charge >= 0.3 is 0 Å². The van der Waals surface area contributed by atoms with E-state index in [1.807, 2.05) is 37.3 Å². The van der Waals surface area contributed by atoms with Gasteiger partial charge in [0.1, 0.15) is 12.4 Å². The fourth-order valence-corrected chi connectivity index (χ4v) is 5.48. The Kier molecular flexibility index (Phi) is 8.18. The zero-order chi connectivity index (χ0) is 25.5. The Balaban J connectivity index is 1.42. The maximum Gasteiger partial charge on any atom is 0.264 e. The van der Waals surface area contributed by atoms with Gasteiger partial charge in [-0.05, 0) is 48.9 Å². The van der Waals surface area contributed by atoms with E-state index in [2.05, 4.69) is 17.1 Å². The third-order valence-electron chi connectivity index (χ3n) is 6.20. The number of carbonyl (C=O) groups excluding carboxylic acids is 1. The highest BCUT2D eigenvalue weighted by atomic mass is 32.2. The summed E-state index contributed by atoms with van der Waals surface area (Å²) in [6.07, 6.45) is 4.19. The Morgan fingerprint density at radius 3 is 2.19 bits per heavy atom. The second-order valence-electron chi connectivity index (χ2n) is 8.80. The van der Waals surface area contributed by atoms with Crippen molar-refractivity contribution in [3.63, 3.8) is 0 Å². The fourth-order valence-electron chi connectivity index (χ4n) is 4.06. The summed E-state index contributed by atoms with van der Waals surface area (Å²) in [6, 6.07) is 21.7. The maximum atomic E-state index is 13.5. The van der Waals surface area contributed by atoms with E-state index < -0.39 is 15.8 Å². The normalized spacial score (nSPS) is 14.8. The molecule has 6 nitrogen and oxygen atoms in total. The maximum absolute atomic E-state index is 13.5. The van der Waals surface area contributed by atoms with Crippen LogP contribution in [0.2, 0.25) is 0 Å². The van der Waals surface area contributed by atoms with Gasteiger partial charge in [-0.3, -0.25) is 14.0 Å². The van der Waals surface area contributed by atoms with Crippen molar-refractivity contribution in [1.29, 1.82) is 0 Å². The van der Waals surface area contributed by atoms with Crippen LogP contribution >= 0.6 is 0 Å². The molecule has 3 aromatic carbocycles. The highest BCUT2D eigenvalue weighted by molar-refractivity contribution is 7.92. The summed E-state index contributed by atoms with van der Waals surface area (Å²) in [5.41, 5.74) is 2.31. The first-order valence-corrected chi connectivity index (χ1v) is 13.3. The zero-order valence-electron chi connectivity index (χ0n) is 20.3. The Morgan fingerprint density at radius 1 is 0.917 bits per heavy atom. The molecule has 4 rings (SSSR count). The summed E-state index contributed by atoms with van der Waals surface area (Å²) in [5.74, 6) is -0.760. The number of nitrogens with zero attached hydrogens (tertiary/aromatic N) is 3. The van der Waals surface area contributed by atoms with Crippen molar-refractivity contribution < 1.29 is 17.6 Å². The molecule has 0 saturated carbocycles. The predicted molar refractivity (Wildman–Crippen MR) is 141 cm³/mol. The molecule has 0 radical (unpaired) electrons. The van der Waals surface area contributed by atoms with Gasteiger partial charge in [-0.2, -0.15) is 0 Å². The quantitative estimate of drug-likeness (QED) is 0.459. The third-order valence-corrected chi connectivity index (χ3v) is 7.99. The van der Waals surface area contributed by atoms with E-state index in [9.17, 15) is 17.6 Å². The van der Waals surface area contributed by atoms with Crippen LogP contribution in [0, 0.1) is 12.7 Å². The Labute approximate surface area is 212 Å². The molecule has 0 bridgehead atoms. The van der Waals surface area contributed by atoms with Crippen LogP contribution in [0.3, 0.4) is 0 Å². The molecule has 0 spiro atoms. The largest absolute Gasteiger partial charge is 0.339 e. The van der Waals surface area contributed by atoms with Crippen LogP contribution in [0.4, 0.5) is 10.1 Å². The first-order chi connectivity index (χ1) is 17.3. The summed E-state index contributed by atoms with van der Waals surface area (Å²) in [5, 5.41) is 0. The molecule has 0 aromatic heterocycles. The van der Waals surface area contributed by atoms with Crippen LogP contribution < -0.4 is 4.31 Å². The van der Waals surface area contributed by atoms with Crippen molar-refractivity contribution in [3.8, 4) is 0 Å². The molecule has 1 fully saturated rings. The SMILES string of the molecule is Cc1ccc(S(=O)(=O)N(CC(=O)N2CCN(C/C=C/c3ccccc3)CC2)c2ccc(F)cc2)cc1. The van der Waals surface area contributed by atoms with Gasteiger partial charge in [0.25, 0.3) is 10.0 Å². The molecule has 1 aliphatic heterocycles. The van der Waals surface area contributed by atoms with Crippen LogP contribution in [-0.4, -0.2) is 63.4 Å². The molecule has 188 valence electrons. The lowest BCUT2D eigenvalue weighted by molar-refractivity contribution is -0.131. The Morgan fingerprint density at radius 2 is 1.56 bits per heavy atom. The number of hydrogen-bond donors (Lipinski definition) is 0. The molecule has 3 aromatic rings. The van der Waals surface area contributed by atoms with Crippen LogP contribution in [0.15, 0.2) is 89.8 Å². The van der Waals surface area contributed by atoms with E-state index in [0.717, 1.165) is 22.0 Å².